The normalized spacial score (nSPS) is 10.1. The summed E-state index contributed by atoms with van der Waals surface area (Å²) in [4.78, 5) is 13.1. The van der Waals surface area contributed by atoms with Gasteiger partial charge in [-0.3, -0.25) is 4.79 Å². The van der Waals surface area contributed by atoms with E-state index < -0.39 is 0 Å². The topological polar surface area (TPSA) is 35.5 Å². The van der Waals surface area contributed by atoms with Gasteiger partial charge in [0.25, 0.3) is 0 Å². The van der Waals surface area contributed by atoms with Gasteiger partial charge in [0.15, 0.2) is 12.4 Å². The van der Waals surface area contributed by atoms with Gasteiger partial charge in [-0.05, 0) is 30.5 Å². The lowest BCUT2D eigenvalue weighted by molar-refractivity contribution is 0.0919. The van der Waals surface area contributed by atoms with E-state index in [1.165, 1.54) is 0 Å². The summed E-state index contributed by atoms with van der Waals surface area (Å²) in [7, 11) is 1.58. The van der Waals surface area contributed by atoms with Gasteiger partial charge >= 0.3 is 0 Å². The van der Waals surface area contributed by atoms with E-state index in [-0.39, 0.29) is 12.4 Å². The van der Waals surface area contributed by atoms with E-state index >= 15 is 0 Å². The van der Waals surface area contributed by atoms with Gasteiger partial charge in [0.2, 0.25) is 0 Å². The molecule has 2 aromatic rings. The summed E-state index contributed by atoms with van der Waals surface area (Å²) in [6.45, 7) is 0.0186. The van der Waals surface area contributed by atoms with E-state index in [1.807, 2.05) is 30.5 Å². The molecular formula is C16H16O3S. The van der Waals surface area contributed by atoms with Crippen LogP contribution in [-0.4, -0.2) is 25.8 Å². The predicted octanol–water partition coefficient (Wildman–Crippen LogP) is 3.68. The molecule has 3 nitrogen and oxygen atoms in total. The molecule has 4 heteroatoms. The molecule has 0 saturated heterocycles. The average molecular weight is 288 g/mol. The number of hydrogen-bond donors (Lipinski definition) is 0. The first kappa shape index (κ1) is 14.5. The van der Waals surface area contributed by atoms with Crippen molar-refractivity contribution >= 4 is 17.5 Å². The van der Waals surface area contributed by atoms with E-state index in [0.717, 1.165) is 10.6 Å². The molecular weight excluding hydrogens is 272 g/mol. The first-order valence-corrected chi connectivity index (χ1v) is 7.40. The number of Topliss-reactive ketones (excluding diaryl/α,β-unsaturated/α-hetero) is 1. The number of thioether (sulfide) groups is 1. The second-order valence-electron chi connectivity index (χ2n) is 4.09. The molecule has 0 atom stereocenters. The van der Waals surface area contributed by atoms with Crippen LogP contribution < -0.4 is 9.47 Å². The number of carbonyl (C=O) groups excluding carboxylic acids is 1. The van der Waals surface area contributed by atoms with Crippen molar-refractivity contribution in [1.29, 1.82) is 0 Å². The van der Waals surface area contributed by atoms with Crippen molar-refractivity contribution in [1.82, 2.24) is 0 Å². The van der Waals surface area contributed by atoms with Crippen LogP contribution in [0.25, 0.3) is 0 Å². The second kappa shape index (κ2) is 7.01. The number of carbonyl (C=O) groups is 1. The van der Waals surface area contributed by atoms with Crippen molar-refractivity contribution in [2.24, 2.45) is 0 Å². The molecule has 104 valence electrons. The predicted molar refractivity (Wildman–Crippen MR) is 81.0 cm³/mol. The molecule has 0 aromatic heterocycles. The van der Waals surface area contributed by atoms with Gasteiger partial charge in [0.1, 0.15) is 11.5 Å². The largest absolute Gasteiger partial charge is 0.497 e. The maximum atomic E-state index is 12.1. The van der Waals surface area contributed by atoms with Crippen molar-refractivity contribution < 1.29 is 14.3 Å². The highest BCUT2D eigenvalue weighted by molar-refractivity contribution is 7.98. The first-order chi connectivity index (χ1) is 9.74. The molecule has 0 aliphatic heterocycles. The van der Waals surface area contributed by atoms with Crippen molar-refractivity contribution in [2.45, 2.75) is 4.90 Å². The maximum Gasteiger partial charge on any atom is 0.200 e. The second-order valence-corrected chi connectivity index (χ2v) is 4.94. The Kier molecular flexibility index (Phi) is 5.07. The molecule has 0 aliphatic carbocycles. The quantitative estimate of drug-likeness (QED) is 0.600. The third kappa shape index (κ3) is 3.54. The van der Waals surface area contributed by atoms with Crippen LogP contribution in [-0.2, 0) is 0 Å². The van der Waals surface area contributed by atoms with Crippen LogP contribution in [0.2, 0.25) is 0 Å². The Labute approximate surface area is 122 Å². The fraction of sp³-hybridized carbons (Fsp3) is 0.188. The lowest BCUT2D eigenvalue weighted by atomic mass is 10.1. The van der Waals surface area contributed by atoms with Gasteiger partial charge < -0.3 is 9.47 Å². The SMILES string of the molecule is COc1cccc(C(=O)COc2ccccc2SC)c1. The van der Waals surface area contributed by atoms with E-state index in [4.69, 9.17) is 9.47 Å². The molecule has 0 amide bonds. The molecule has 0 saturated carbocycles. The van der Waals surface area contributed by atoms with Gasteiger partial charge in [-0.25, -0.2) is 0 Å². The minimum Gasteiger partial charge on any atom is -0.497 e. The molecule has 2 aromatic carbocycles. The maximum absolute atomic E-state index is 12.1. The molecule has 0 fully saturated rings. The minimum atomic E-state index is -0.0696. The summed E-state index contributed by atoms with van der Waals surface area (Å²) in [5.74, 6) is 1.33. The van der Waals surface area contributed by atoms with Crippen molar-refractivity contribution in [3.8, 4) is 11.5 Å². The van der Waals surface area contributed by atoms with Gasteiger partial charge in [0, 0.05) is 10.5 Å². The fourth-order valence-corrected chi connectivity index (χ4v) is 2.30. The Morgan fingerprint density at radius 3 is 2.70 bits per heavy atom. The molecule has 0 radical (unpaired) electrons. The fourth-order valence-electron chi connectivity index (χ4n) is 1.76. The van der Waals surface area contributed by atoms with Crippen molar-refractivity contribution in [3.05, 3.63) is 54.1 Å². The van der Waals surface area contributed by atoms with E-state index in [0.29, 0.717) is 11.3 Å². The van der Waals surface area contributed by atoms with Crippen molar-refractivity contribution in [3.63, 3.8) is 0 Å². The Hall–Kier alpha value is -1.94. The summed E-state index contributed by atoms with van der Waals surface area (Å²) < 4.78 is 10.7. The highest BCUT2D eigenvalue weighted by Crippen LogP contribution is 2.27. The zero-order valence-corrected chi connectivity index (χ0v) is 12.3. The summed E-state index contributed by atoms with van der Waals surface area (Å²) in [6.07, 6.45) is 1.98. The standard InChI is InChI=1S/C16H16O3S/c1-18-13-7-5-6-12(10-13)14(17)11-19-15-8-3-4-9-16(15)20-2/h3-10H,11H2,1-2H3. The zero-order valence-electron chi connectivity index (χ0n) is 11.5. The van der Waals surface area contributed by atoms with Gasteiger partial charge in [0.05, 0.1) is 7.11 Å². The molecule has 0 heterocycles. The minimum absolute atomic E-state index is 0.0186. The smallest absolute Gasteiger partial charge is 0.200 e. The van der Waals surface area contributed by atoms with Crippen molar-refractivity contribution in [2.75, 3.05) is 20.0 Å². The van der Waals surface area contributed by atoms with Crippen LogP contribution in [0.15, 0.2) is 53.4 Å². The van der Waals surface area contributed by atoms with Gasteiger partial charge in [-0.1, -0.05) is 24.3 Å². The summed E-state index contributed by atoms with van der Waals surface area (Å²) in [5.41, 5.74) is 0.589. The average Bonchev–Trinajstić information content (AvgIpc) is 2.52. The van der Waals surface area contributed by atoms with Crippen LogP contribution in [0.3, 0.4) is 0 Å². The number of benzene rings is 2. The third-order valence-corrected chi connectivity index (χ3v) is 3.60. The van der Waals surface area contributed by atoms with Crippen LogP contribution in [0.4, 0.5) is 0 Å². The summed E-state index contributed by atoms with van der Waals surface area (Å²) >= 11 is 1.59. The Morgan fingerprint density at radius 2 is 1.95 bits per heavy atom. The number of hydrogen-bond acceptors (Lipinski definition) is 4. The molecule has 0 N–H and O–H groups in total. The number of rotatable bonds is 6. The number of methoxy groups -OCH3 is 1. The highest BCUT2D eigenvalue weighted by atomic mass is 32.2. The Morgan fingerprint density at radius 1 is 1.15 bits per heavy atom. The molecule has 20 heavy (non-hydrogen) atoms. The number of para-hydroxylation sites is 1. The molecule has 2 rings (SSSR count). The molecule has 0 bridgehead atoms. The van der Waals surface area contributed by atoms with Crippen LogP contribution >= 0.6 is 11.8 Å². The summed E-state index contributed by atoms with van der Waals surface area (Å²) in [5, 5.41) is 0. The monoisotopic (exact) mass is 288 g/mol. The highest BCUT2D eigenvalue weighted by Gasteiger charge is 2.09. The van der Waals surface area contributed by atoms with Crippen LogP contribution in [0, 0.1) is 0 Å². The van der Waals surface area contributed by atoms with Crippen LogP contribution in [0.1, 0.15) is 10.4 Å². The Bertz CT molecular complexity index is 596. The molecule has 0 unspecified atom stereocenters. The van der Waals surface area contributed by atoms with Gasteiger partial charge in [-0.2, -0.15) is 0 Å². The zero-order chi connectivity index (χ0) is 14.4. The Balaban J connectivity index is 2.04. The third-order valence-electron chi connectivity index (χ3n) is 2.82. The van der Waals surface area contributed by atoms with Crippen LogP contribution in [0.5, 0.6) is 11.5 Å². The van der Waals surface area contributed by atoms with E-state index in [9.17, 15) is 4.79 Å². The molecule has 0 spiro atoms. The van der Waals surface area contributed by atoms with E-state index in [2.05, 4.69) is 0 Å². The number of ketones is 1. The summed E-state index contributed by atoms with van der Waals surface area (Å²) in [6, 6.07) is 14.7. The number of ether oxygens (including phenoxy) is 2. The molecule has 0 aliphatic rings. The lowest BCUT2D eigenvalue weighted by Crippen LogP contribution is -2.12. The lowest BCUT2D eigenvalue weighted by Gasteiger charge is -2.09. The van der Waals surface area contributed by atoms with E-state index in [1.54, 1.807) is 43.1 Å². The van der Waals surface area contributed by atoms with Gasteiger partial charge in [-0.15, -0.1) is 11.8 Å². The first-order valence-electron chi connectivity index (χ1n) is 6.17.